The van der Waals surface area contributed by atoms with Crippen LogP contribution in [0.2, 0.25) is 5.02 Å². The zero-order chi connectivity index (χ0) is 27.0. The number of hydrogen-bond acceptors (Lipinski definition) is 6. The molecule has 3 aromatic rings. The summed E-state index contributed by atoms with van der Waals surface area (Å²) in [5.74, 6) is -1.39. The number of alkyl halides is 3. The predicted molar refractivity (Wildman–Crippen MR) is 138 cm³/mol. The number of thiazole rings is 1. The second-order valence-corrected chi connectivity index (χ2v) is 12.3. The number of nitrogens with zero attached hydrogens (tertiary/aromatic N) is 2. The van der Waals surface area contributed by atoms with Crippen molar-refractivity contribution in [1.29, 1.82) is 0 Å². The first kappa shape index (κ1) is 27.6. The zero-order valence-electron chi connectivity index (χ0n) is 19.9. The lowest BCUT2D eigenvalue weighted by Gasteiger charge is -2.37. The van der Waals surface area contributed by atoms with Crippen molar-refractivity contribution in [2.24, 2.45) is 0 Å². The Hall–Kier alpha value is -2.47. The quantitative estimate of drug-likeness (QED) is 0.326. The molecule has 0 aliphatic heterocycles. The van der Waals surface area contributed by atoms with Gasteiger partial charge in [-0.25, -0.2) is 17.8 Å². The fraction of sp³-hybridized carbons (Fsp3) is 0.320. The maximum absolute atomic E-state index is 15.0. The molecule has 4 rings (SSSR count). The number of likely N-dealkylation sites (N-methyl/N-ethyl adjacent to an activating group) is 1. The van der Waals surface area contributed by atoms with Gasteiger partial charge in [-0.3, -0.25) is 0 Å². The van der Waals surface area contributed by atoms with Crippen molar-refractivity contribution in [3.63, 3.8) is 0 Å². The normalized spacial score (nSPS) is 18.6. The molecule has 0 saturated carbocycles. The van der Waals surface area contributed by atoms with Crippen molar-refractivity contribution >= 4 is 44.0 Å². The first-order chi connectivity index (χ1) is 17.3. The summed E-state index contributed by atoms with van der Waals surface area (Å²) >= 11 is 7.55. The van der Waals surface area contributed by atoms with Crippen LogP contribution in [0.4, 0.5) is 23.2 Å². The SMILES string of the molecule is CN(C)[C@H]1CC=C(c2cccc(C(F)(F)F)c2)C[C@@H]1Nc1cc(F)c(S(=O)(=O)Cc2nccs2)cc1Cl. The standard InChI is InChI=1S/C25H24ClF4N3O2S2/c1-33(2)22-7-6-16(15-4-3-5-17(10-15)25(28,29)30)11-21(22)32-20-13-19(27)23(12-18(20)26)37(34,35)14-24-31-8-9-36-24/h3-6,8-10,12-13,21-22,32H,7,11,14H2,1-2H3/t21-,22-/m0/s1. The highest BCUT2D eigenvalue weighted by Gasteiger charge is 2.33. The van der Waals surface area contributed by atoms with Gasteiger partial charge in [-0.15, -0.1) is 11.3 Å². The first-order valence-electron chi connectivity index (χ1n) is 11.2. The molecule has 1 aromatic heterocycles. The minimum absolute atomic E-state index is 0.0202. The van der Waals surface area contributed by atoms with E-state index in [1.165, 1.54) is 12.3 Å². The van der Waals surface area contributed by atoms with Gasteiger partial charge in [0, 0.05) is 23.7 Å². The molecule has 198 valence electrons. The lowest BCUT2D eigenvalue weighted by atomic mass is 9.85. The van der Waals surface area contributed by atoms with Crippen LogP contribution in [0.25, 0.3) is 5.57 Å². The van der Waals surface area contributed by atoms with Crippen LogP contribution in [0, 0.1) is 5.82 Å². The van der Waals surface area contributed by atoms with Gasteiger partial charge in [-0.05, 0) is 62.3 Å². The van der Waals surface area contributed by atoms with Crippen LogP contribution in [-0.2, 0) is 21.8 Å². The van der Waals surface area contributed by atoms with E-state index in [1.807, 2.05) is 25.1 Å². The molecule has 0 unspecified atom stereocenters. The van der Waals surface area contributed by atoms with Gasteiger partial charge in [-0.2, -0.15) is 13.2 Å². The van der Waals surface area contributed by atoms with Crippen molar-refractivity contribution < 1.29 is 26.0 Å². The summed E-state index contributed by atoms with van der Waals surface area (Å²) < 4.78 is 80.3. The Kier molecular flexibility index (Phi) is 7.99. The summed E-state index contributed by atoms with van der Waals surface area (Å²) in [5, 5.41) is 5.20. The maximum atomic E-state index is 15.0. The van der Waals surface area contributed by atoms with Crippen molar-refractivity contribution in [1.82, 2.24) is 9.88 Å². The molecule has 0 bridgehead atoms. The smallest absolute Gasteiger partial charge is 0.379 e. The van der Waals surface area contributed by atoms with Crippen LogP contribution >= 0.6 is 22.9 Å². The monoisotopic (exact) mass is 573 g/mol. The summed E-state index contributed by atoms with van der Waals surface area (Å²) in [6.45, 7) is 0. The highest BCUT2D eigenvalue weighted by atomic mass is 35.5. The Morgan fingerprint density at radius 3 is 2.62 bits per heavy atom. The molecule has 37 heavy (non-hydrogen) atoms. The minimum atomic E-state index is -4.46. The molecule has 0 fully saturated rings. The first-order valence-corrected chi connectivity index (χ1v) is 14.2. The van der Waals surface area contributed by atoms with Gasteiger partial charge in [0.15, 0.2) is 9.84 Å². The van der Waals surface area contributed by atoms with E-state index in [1.54, 1.807) is 11.4 Å². The Morgan fingerprint density at radius 1 is 1.22 bits per heavy atom. The van der Waals surface area contributed by atoms with Gasteiger partial charge in [0.05, 0.1) is 16.3 Å². The maximum Gasteiger partial charge on any atom is 0.416 e. The molecule has 0 radical (unpaired) electrons. The molecular formula is C25H24ClF4N3O2S2. The van der Waals surface area contributed by atoms with Crippen LogP contribution in [0.3, 0.4) is 0 Å². The number of nitrogens with one attached hydrogen (secondary N) is 1. The van der Waals surface area contributed by atoms with Gasteiger partial charge in [0.25, 0.3) is 0 Å². The second-order valence-electron chi connectivity index (χ2n) is 8.98. The van der Waals surface area contributed by atoms with E-state index >= 15 is 4.39 Å². The van der Waals surface area contributed by atoms with E-state index in [9.17, 15) is 21.6 Å². The number of hydrogen-bond donors (Lipinski definition) is 1. The van der Waals surface area contributed by atoms with Crippen molar-refractivity contribution in [2.45, 2.75) is 41.7 Å². The molecule has 0 amide bonds. The highest BCUT2D eigenvalue weighted by Crippen LogP contribution is 2.37. The highest BCUT2D eigenvalue weighted by molar-refractivity contribution is 7.90. The fourth-order valence-electron chi connectivity index (χ4n) is 4.37. The predicted octanol–water partition coefficient (Wildman–Crippen LogP) is 6.52. The van der Waals surface area contributed by atoms with Gasteiger partial charge < -0.3 is 10.2 Å². The van der Waals surface area contributed by atoms with E-state index in [-0.39, 0.29) is 22.8 Å². The zero-order valence-corrected chi connectivity index (χ0v) is 22.3. The Labute approximate surface area is 221 Å². The Balaban J connectivity index is 1.60. The van der Waals surface area contributed by atoms with Gasteiger partial charge >= 0.3 is 6.18 Å². The van der Waals surface area contributed by atoms with Gasteiger partial charge in [0.1, 0.15) is 21.5 Å². The van der Waals surface area contributed by atoms with E-state index in [0.29, 0.717) is 23.4 Å². The summed E-state index contributed by atoms with van der Waals surface area (Å²) in [5.41, 5.74) is 0.653. The average Bonchev–Trinajstić information content (AvgIpc) is 3.32. The molecule has 1 heterocycles. The molecule has 2 atom stereocenters. The van der Waals surface area contributed by atoms with Crippen LogP contribution < -0.4 is 5.32 Å². The summed E-state index contributed by atoms with van der Waals surface area (Å²) in [7, 11) is -0.272. The van der Waals surface area contributed by atoms with Crippen LogP contribution in [0.5, 0.6) is 0 Å². The van der Waals surface area contributed by atoms with Crippen LogP contribution in [0.1, 0.15) is 29.0 Å². The van der Waals surface area contributed by atoms with Crippen LogP contribution in [0.15, 0.2) is 58.9 Å². The van der Waals surface area contributed by atoms with Crippen molar-refractivity contribution in [2.75, 3.05) is 19.4 Å². The van der Waals surface area contributed by atoms with Gasteiger partial charge in [0.2, 0.25) is 0 Å². The van der Waals surface area contributed by atoms with Crippen molar-refractivity contribution in [3.8, 4) is 0 Å². The summed E-state index contributed by atoms with van der Waals surface area (Å²) in [6.07, 6.45) is -0.182. The van der Waals surface area contributed by atoms with E-state index in [4.69, 9.17) is 11.6 Å². The fourth-order valence-corrected chi connectivity index (χ4v) is 7.00. The van der Waals surface area contributed by atoms with E-state index < -0.39 is 38.0 Å². The minimum Gasteiger partial charge on any atom is -0.379 e. The van der Waals surface area contributed by atoms with Gasteiger partial charge in [-0.1, -0.05) is 29.8 Å². The number of anilines is 1. The van der Waals surface area contributed by atoms with E-state index in [0.717, 1.165) is 41.2 Å². The third-order valence-corrected chi connectivity index (χ3v) is 9.14. The third-order valence-electron chi connectivity index (χ3n) is 6.23. The number of aromatic nitrogens is 1. The molecule has 0 spiro atoms. The number of rotatable bonds is 7. The lowest BCUT2D eigenvalue weighted by molar-refractivity contribution is -0.137. The lowest BCUT2D eigenvalue weighted by Crippen LogP contribution is -2.45. The molecule has 2 aromatic carbocycles. The molecule has 1 N–H and O–H groups in total. The molecule has 5 nitrogen and oxygen atoms in total. The molecule has 1 aliphatic rings. The Morgan fingerprint density at radius 2 is 1.97 bits per heavy atom. The largest absolute Gasteiger partial charge is 0.416 e. The van der Waals surface area contributed by atoms with Crippen molar-refractivity contribution in [3.05, 3.63) is 81.0 Å². The molecule has 12 heteroatoms. The topological polar surface area (TPSA) is 62.3 Å². The number of sulfone groups is 1. The summed E-state index contributed by atoms with van der Waals surface area (Å²) in [4.78, 5) is 5.40. The molecule has 0 saturated heterocycles. The summed E-state index contributed by atoms with van der Waals surface area (Å²) in [6, 6.07) is 6.87. The molecule has 1 aliphatic carbocycles. The van der Waals surface area contributed by atoms with E-state index in [2.05, 4.69) is 10.3 Å². The number of benzene rings is 2. The molecular weight excluding hydrogens is 550 g/mol. The average molecular weight is 574 g/mol. The second kappa shape index (κ2) is 10.7. The Bertz CT molecular complexity index is 1410. The van der Waals surface area contributed by atoms with Crippen LogP contribution in [-0.4, -0.2) is 44.5 Å². The number of halogens is 5. The third kappa shape index (κ3) is 6.34.